The highest BCUT2D eigenvalue weighted by Gasteiger charge is 2.27. The summed E-state index contributed by atoms with van der Waals surface area (Å²) in [7, 11) is -3.85. The first-order valence-electron chi connectivity index (χ1n) is 10.1. The van der Waals surface area contributed by atoms with Crippen LogP contribution in [0.1, 0.15) is 31.7 Å². The highest BCUT2D eigenvalue weighted by molar-refractivity contribution is 7.89. The van der Waals surface area contributed by atoms with Crippen molar-refractivity contribution in [1.29, 1.82) is 0 Å². The van der Waals surface area contributed by atoms with Crippen LogP contribution in [0.25, 0.3) is 0 Å². The fourth-order valence-corrected chi connectivity index (χ4v) is 4.95. The number of nitrogens with one attached hydrogen (secondary N) is 1. The summed E-state index contributed by atoms with van der Waals surface area (Å²) in [6, 6.07) is 13.6. The van der Waals surface area contributed by atoms with Gasteiger partial charge in [-0.3, -0.25) is 9.59 Å². The number of nitrogens with zero attached hydrogens (tertiary/aromatic N) is 2. The molecule has 2 aromatic carbocycles. The number of aryl methyl sites for hydroxylation is 1. The van der Waals surface area contributed by atoms with E-state index in [1.807, 2.05) is 32.0 Å². The number of amides is 2. The molecular formula is C22H27N3O4S. The molecule has 0 atom stereocenters. The van der Waals surface area contributed by atoms with Crippen LogP contribution in [0, 0.1) is 6.92 Å². The van der Waals surface area contributed by atoms with Gasteiger partial charge < -0.3 is 10.2 Å². The molecule has 160 valence electrons. The number of sulfonamides is 1. The Kier molecular flexibility index (Phi) is 6.89. The molecule has 0 unspecified atom stereocenters. The predicted octanol–water partition coefficient (Wildman–Crippen LogP) is 3.16. The fraction of sp³-hybridized carbons (Fsp3) is 0.364. The molecule has 0 spiro atoms. The number of benzene rings is 2. The summed E-state index contributed by atoms with van der Waals surface area (Å²) in [5, 5.41) is 2.78. The lowest BCUT2D eigenvalue weighted by Crippen LogP contribution is -2.38. The lowest BCUT2D eigenvalue weighted by atomic mass is 10.2. The van der Waals surface area contributed by atoms with E-state index >= 15 is 0 Å². The second-order valence-electron chi connectivity index (χ2n) is 7.34. The zero-order chi connectivity index (χ0) is 21.7. The van der Waals surface area contributed by atoms with Gasteiger partial charge in [-0.2, -0.15) is 4.31 Å². The van der Waals surface area contributed by atoms with Gasteiger partial charge in [0.05, 0.1) is 11.4 Å². The molecule has 2 amide bonds. The number of rotatable bonds is 8. The van der Waals surface area contributed by atoms with Gasteiger partial charge in [-0.15, -0.1) is 0 Å². The van der Waals surface area contributed by atoms with Crippen LogP contribution in [0.4, 0.5) is 11.4 Å². The molecule has 0 radical (unpaired) electrons. The number of carbonyl (C=O) groups is 2. The Morgan fingerprint density at radius 2 is 1.83 bits per heavy atom. The van der Waals surface area contributed by atoms with E-state index in [9.17, 15) is 18.0 Å². The lowest BCUT2D eigenvalue weighted by Gasteiger charge is -2.22. The smallest absolute Gasteiger partial charge is 0.243 e. The molecule has 0 bridgehead atoms. The third kappa shape index (κ3) is 4.88. The van der Waals surface area contributed by atoms with Gasteiger partial charge in [-0.1, -0.05) is 25.1 Å². The number of hydrogen-bond acceptors (Lipinski definition) is 4. The molecule has 1 saturated heterocycles. The highest BCUT2D eigenvalue weighted by atomic mass is 32.2. The van der Waals surface area contributed by atoms with Gasteiger partial charge in [0.25, 0.3) is 0 Å². The molecular weight excluding hydrogens is 402 g/mol. The maximum atomic E-state index is 13.1. The standard InChI is InChI=1S/C22H27N3O4S/c1-3-14-24(16-21(26)23-20-8-5-4-7-17(20)2)30(28,29)19-12-10-18(11-13-19)25-15-6-9-22(25)27/h4-5,7-8,10-13H,3,6,9,14-16H2,1-2H3,(H,23,26). The van der Waals surface area contributed by atoms with E-state index in [0.29, 0.717) is 30.8 Å². The maximum absolute atomic E-state index is 13.1. The summed E-state index contributed by atoms with van der Waals surface area (Å²) >= 11 is 0. The molecule has 8 heteroatoms. The maximum Gasteiger partial charge on any atom is 0.243 e. The molecule has 1 aliphatic heterocycles. The third-order valence-corrected chi connectivity index (χ3v) is 6.93. The molecule has 0 aromatic heterocycles. The summed E-state index contributed by atoms with van der Waals surface area (Å²) in [5.74, 6) is -0.341. The topological polar surface area (TPSA) is 86.8 Å². The lowest BCUT2D eigenvalue weighted by molar-refractivity contribution is -0.117. The average molecular weight is 430 g/mol. The van der Waals surface area contributed by atoms with E-state index in [1.54, 1.807) is 23.1 Å². The minimum absolute atomic E-state index is 0.0473. The molecule has 1 heterocycles. The van der Waals surface area contributed by atoms with Crippen LogP contribution in [0.15, 0.2) is 53.4 Å². The molecule has 7 nitrogen and oxygen atoms in total. The van der Waals surface area contributed by atoms with Gasteiger partial charge in [0.2, 0.25) is 21.8 Å². The summed E-state index contributed by atoms with van der Waals surface area (Å²) in [6.45, 7) is 4.35. The Hall–Kier alpha value is -2.71. The first kappa shape index (κ1) is 22.0. The zero-order valence-corrected chi connectivity index (χ0v) is 18.1. The third-order valence-electron chi connectivity index (χ3n) is 5.07. The Balaban J connectivity index is 1.76. The second kappa shape index (κ2) is 9.40. The monoisotopic (exact) mass is 429 g/mol. The number of para-hydroxylation sites is 1. The number of carbonyl (C=O) groups excluding carboxylic acids is 2. The average Bonchev–Trinajstić information content (AvgIpc) is 3.15. The first-order valence-corrected chi connectivity index (χ1v) is 11.5. The zero-order valence-electron chi connectivity index (χ0n) is 17.3. The van der Waals surface area contributed by atoms with Crippen molar-refractivity contribution >= 4 is 33.2 Å². The van der Waals surface area contributed by atoms with Crippen LogP contribution in [0.2, 0.25) is 0 Å². The van der Waals surface area contributed by atoms with Crippen LogP contribution in [-0.2, 0) is 19.6 Å². The SMILES string of the molecule is CCCN(CC(=O)Nc1ccccc1C)S(=O)(=O)c1ccc(N2CCCC2=O)cc1. The first-order chi connectivity index (χ1) is 14.3. The van der Waals surface area contributed by atoms with Crippen molar-refractivity contribution in [3.8, 4) is 0 Å². The second-order valence-corrected chi connectivity index (χ2v) is 9.28. The molecule has 1 fully saturated rings. The summed E-state index contributed by atoms with van der Waals surface area (Å²) in [5.41, 5.74) is 2.26. The predicted molar refractivity (Wildman–Crippen MR) is 117 cm³/mol. The minimum Gasteiger partial charge on any atom is -0.325 e. The fourth-order valence-electron chi connectivity index (χ4n) is 3.46. The largest absolute Gasteiger partial charge is 0.325 e. The van der Waals surface area contributed by atoms with Crippen molar-refractivity contribution in [3.63, 3.8) is 0 Å². The van der Waals surface area contributed by atoms with E-state index < -0.39 is 10.0 Å². The normalized spacial score (nSPS) is 14.4. The van der Waals surface area contributed by atoms with Crippen LogP contribution < -0.4 is 10.2 Å². The Morgan fingerprint density at radius 3 is 2.43 bits per heavy atom. The Labute approximate surface area is 177 Å². The summed E-state index contributed by atoms with van der Waals surface area (Å²) in [6.07, 6.45) is 1.90. The molecule has 2 aromatic rings. The van der Waals surface area contributed by atoms with Gasteiger partial charge in [0.15, 0.2) is 0 Å². The minimum atomic E-state index is -3.85. The van der Waals surface area contributed by atoms with E-state index in [2.05, 4.69) is 5.32 Å². The quantitative estimate of drug-likeness (QED) is 0.698. The molecule has 3 rings (SSSR count). The molecule has 0 aliphatic carbocycles. The summed E-state index contributed by atoms with van der Waals surface area (Å²) in [4.78, 5) is 26.2. The molecule has 0 saturated carbocycles. The summed E-state index contributed by atoms with van der Waals surface area (Å²) < 4.78 is 27.5. The van der Waals surface area contributed by atoms with E-state index in [1.165, 1.54) is 16.4 Å². The van der Waals surface area contributed by atoms with Gasteiger partial charge >= 0.3 is 0 Å². The van der Waals surface area contributed by atoms with Gasteiger partial charge in [-0.05, 0) is 55.7 Å². The Morgan fingerprint density at radius 1 is 1.13 bits per heavy atom. The van der Waals surface area contributed by atoms with E-state index in [4.69, 9.17) is 0 Å². The van der Waals surface area contributed by atoms with Crippen molar-refractivity contribution in [3.05, 3.63) is 54.1 Å². The van der Waals surface area contributed by atoms with Crippen molar-refractivity contribution in [2.45, 2.75) is 38.0 Å². The van der Waals surface area contributed by atoms with Crippen LogP contribution in [-0.4, -0.2) is 44.2 Å². The van der Waals surface area contributed by atoms with Crippen molar-refractivity contribution in [2.24, 2.45) is 0 Å². The van der Waals surface area contributed by atoms with Crippen molar-refractivity contribution in [2.75, 3.05) is 29.9 Å². The van der Waals surface area contributed by atoms with Crippen LogP contribution in [0.3, 0.4) is 0 Å². The van der Waals surface area contributed by atoms with Crippen LogP contribution >= 0.6 is 0 Å². The molecule has 1 N–H and O–H groups in total. The molecule has 30 heavy (non-hydrogen) atoms. The van der Waals surface area contributed by atoms with Gasteiger partial charge in [0, 0.05) is 30.9 Å². The van der Waals surface area contributed by atoms with Crippen molar-refractivity contribution < 1.29 is 18.0 Å². The Bertz CT molecular complexity index is 1020. The van der Waals surface area contributed by atoms with Crippen LogP contribution in [0.5, 0.6) is 0 Å². The highest BCUT2D eigenvalue weighted by Crippen LogP contribution is 2.24. The number of hydrogen-bond donors (Lipinski definition) is 1. The number of anilines is 2. The van der Waals surface area contributed by atoms with E-state index in [-0.39, 0.29) is 29.8 Å². The van der Waals surface area contributed by atoms with E-state index in [0.717, 1.165) is 12.0 Å². The molecule has 1 aliphatic rings. The van der Waals surface area contributed by atoms with Gasteiger partial charge in [-0.25, -0.2) is 8.42 Å². The van der Waals surface area contributed by atoms with Crippen molar-refractivity contribution in [1.82, 2.24) is 4.31 Å². The van der Waals surface area contributed by atoms with Gasteiger partial charge in [0.1, 0.15) is 0 Å².